The van der Waals surface area contributed by atoms with E-state index in [1.807, 2.05) is 25.2 Å². The molecule has 0 unspecified atom stereocenters. The molecule has 0 radical (unpaired) electrons. The second kappa shape index (κ2) is 10.4. The monoisotopic (exact) mass is 538 g/mol. The first-order chi connectivity index (χ1) is 17.8. The normalized spacial score (nSPS) is 24.0. The summed E-state index contributed by atoms with van der Waals surface area (Å²) in [5, 5.41) is 0.968. The lowest BCUT2D eigenvalue weighted by molar-refractivity contribution is -0.115. The molecule has 208 valence electrons. The molecule has 38 heavy (non-hydrogen) atoms. The number of nitrogens with zero attached hydrogens (tertiary/aromatic N) is 2. The average Bonchev–Trinajstić information content (AvgIpc) is 3.13. The van der Waals surface area contributed by atoms with E-state index in [1.165, 1.54) is 0 Å². The van der Waals surface area contributed by atoms with E-state index < -0.39 is 8.32 Å². The molecule has 1 fully saturated rings. The van der Waals surface area contributed by atoms with Crippen molar-refractivity contribution in [2.45, 2.75) is 83.6 Å². The molecule has 0 saturated carbocycles. The molecule has 1 aromatic heterocycles. The van der Waals surface area contributed by atoms with E-state index in [0.29, 0.717) is 28.8 Å². The summed E-state index contributed by atoms with van der Waals surface area (Å²) in [7, 11) is 3.58. The predicted octanol–water partition coefficient (Wildman–Crippen LogP) is 6.70. The topological polar surface area (TPSA) is 60.8 Å². The van der Waals surface area contributed by atoms with Crippen molar-refractivity contribution < 1.29 is 18.8 Å². The van der Waals surface area contributed by atoms with E-state index in [0.717, 1.165) is 34.3 Å². The van der Waals surface area contributed by atoms with E-state index in [-0.39, 0.29) is 35.5 Å². The quantitative estimate of drug-likeness (QED) is 0.263. The summed E-state index contributed by atoms with van der Waals surface area (Å²) in [6.07, 6.45) is 0.737. The predicted molar refractivity (Wildman–Crippen MR) is 157 cm³/mol. The van der Waals surface area contributed by atoms with Gasteiger partial charge in [0.05, 0.1) is 24.7 Å². The Bertz CT molecular complexity index is 1240. The van der Waals surface area contributed by atoms with Gasteiger partial charge in [0.1, 0.15) is 5.75 Å². The van der Waals surface area contributed by atoms with E-state index in [1.54, 1.807) is 14.0 Å². The van der Waals surface area contributed by atoms with Gasteiger partial charge in [-0.15, -0.1) is 0 Å². The Morgan fingerprint density at radius 2 is 1.71 bits per heavy atom. The Morgan fingerprint density at radius 3 is 2.24 bits per heavy atom. The molecule has 1 aromatic carbocycles. The van der Waals surface area contributed by atoms with Crippen LogP contribution in [0.4, 0.5) is 0 Å². The Kier molecular flexibility index (Phi) is 7.87. The van der Waals surface area contributed by atoms with Crippen LogP contribution in [0.3, 0.4) is 0 Å². The second-order valence-electron chi connectivity index (χ2n) is 12.4. The van der Waals surface area contributed by atoms with Gasteiger partial charge in [0.2, 0.25) is 0 Å². The first-order valence-electron chi connectivity index (χ1n) is 14.1. The first-order valence-corrected chi connectivity index (χ1v) is 16.2. The molecule has 0 N–H and O–H groups in total. The fourth-order valence-corrected chi connectivity index (χ4v) is 13.4. The highest BCUT2D eigenvalue weighted by molar-refractivity contribution is 6.77. The lowest BCUT2D eigenvalue weighted by Gasteiger charge is -2.52. The average molecular weight is 539 g/mol. The minimum absolute atomic E-state index is 0.00263. The van der Waals surface area contributed by atoms with Gasteiger partial charge >= 0.3 is 0 Å². The Labute approximate surface area is 229 Å². The van der Waals surface area contributed by atoms with Crippen LogP contribution >= 0.6 is 0 Å². The number of methoxy groups -OCH3 is 1. The fourth-order valence-electron chi connectivity index (χ4n) is 7.95. The largest absolute Gasteiger partial charge is 0.497 e. The number of ether oxygens (including phenoxy) is 1. The molecule has 0 aliphatic carbocycles. The first kappa shape index (κ1) is 28.8. The highest BCUT2D eigenvalue weighted by Gasteiger charge is 2.54. The number of fused-ring (bicyclic) bond motifs is 6. The standard InChI is InChI=1S/C31H46N2O4Si/c1-17(2)38(18(3)4,19(5)6)37-16-25-24(20(7)21(8)34)15-27-30-28(31(35)29(25)33(27)10)23-13-12-22(36-11)14-26(23)32(30)9/h12-14,17-19,24-25,27,29H,7,15-16H2,1-6,8-11H3/t24-,25+,27-,29+/m0/s1. The molecule has 2 aliphatic rings. The van der Waals surface area contributed by atoms with Crippen molar-refractivity contribution in [2.75, 3.05) is 20.8 Å². The van der Waals surface area contributed by atoms with Crippen molar-refractivity contribution in [1.29, 1.82) is 0 Å². The number of piperidine rings is 1. The minimum atomic E-state index is -2.17. The van der Waals surface area contributed by atoms with E-state index in [9.17, 15) is 9.59 Å². The van der Waals surface area contributed by atoms with E-state index in [4.69, 9.17) is 9.16 Å². The number of carbonyl (C=O) groups excluding carboxylic acids is 2. The van der Waals surface area contributed by atoms with Crippen LogP contribution in [-0.4, -0.2) is 56.2 Å². The molecule has 2 aromatic rings. The summed E-state index contributed by atoms with van der Waals surface area (Å²) in [5.41, 5.74) is 4.75. The van der Waals surface area contributed by atoms with Crippen molar-refractivity contribution >= 4 is 30.8 Å². The zero-order chi connectivity index (χ0) is 28.3. The molecule has 7 heteroatoms. The maximum atomic E-state index is 14.4. The summed E-state index contributed by atoms with van der Waals surface area (Å²) in [5.74, 6) is 0.643. The van der Waals surface area contributed by atoms with Crippen molar-refractivity contribution in [1.82, 2.24) is 9.47 Å². The molecule has 4 atom stereocenters. The number of aromatic nitrogens is 1. The van der Waals surface area contributed by atoms with Gasteiger partial charge in [-0.25, -0.2) is 0 Å². The second-order valence-corrected chi connectivity index (χ2v) is 17.9. The van der Waals surface area contributed by atoms with Crippen LogP contribution < -0.4 is 4.74 Å². The number of Topliss-reactive ketones (excluding diaryl/α,β-unsaturated/α-hetero) is 2. The van der Waals surface area contributed by atoms with Crippen molar-refractivity contribution in [3.63, 3.8) is 0 Å². The molecule has 2 aliphatic heterocycles. The number of allylic oxidation sites excluding steroid dienone is 1. The molecule has 2 bridgehead atoms. The van der Waals surface area contributed by atoms with Crippen LogP contribution in [0, 0.1) is 11.8 Å². The summed E-state index contributed by atoms with van der Waals surface area (Å²) < 4.78 is 14.7. The highest BCUT2D eigenvalue weighted by atomic mass is 28.4. The molecule has 3 heterocycles. The summed E-state index contributed by atoms with van der Waals surface area (Å²) in [6.45, 7) is 20.0. The van der Waals surface area contributed by atoms with Gasteiger partial charge < -0.3 is 13.7 Å². The van der Waals surface area contributed by atoms with Gasteiger partial charge in [-0.1, -0.05) is 48.1 Å². The van der Waals surface area contributed by atoms with Gasteiger partial charge in [-0.2, -0.15) is 0 Å². The molecular weight excluding hydrogens is 492 g/mol. The van der Waals surface area contributed by atoms with Crippen LogP contribution in [0.1, 0.15) is 77.0 Å². The number of rotatable bonds is 9. The third-order valence-electron chi connectivity index (χ3n) is 9.75. The molecule has 6 nitrogen and oxygen atoms in total. The van der Waals surface area contributed by atoms with Crippen molar-refractivity contribution in [2.24, 2.45) is 18.9 Å². The van der Waals surface area contributed by atoms with Gasteiger partial charge in [0, 0.05) is 42.3 Å². The maximum absolute atomic E-state index is 14.4. The Balaban J connectivity index is 1.85. The lowest BCUT2D eigenvalue weighted by Crippen LogP contribution is -2.59. The van der Waals surface area contributed by atoms with Crippen LogP contribution in [0.15, 0.2) is 30.4 Å². The van der Waals surface area contributed by atoms with Crippen molar-refractivity contribution in [3.8, 4) is 5.75 Å². The molecular formula is C31H46N2O4Si. The fraction of sp³-hybridized carbons (Fsp3) is 0.613. The summed E-state index contributed by atoms with van der Waals surface area (Å²) in [4.78, 5) is 29.4. The Hall–Kier alpha value is -2.22. The zero-order valence-electron chi connectivity index (χ0n) is 24.9. The molecule has 0 amide bonds. The number of carbonyl (C=O) groups is 2. The van der Waals surface area contributed by atoms with Crippen LogP contribution in [-0.2, 0) is 16.3 Å². The summed E-state index contributed by atoms with van der Waals surface area (Å²) >= 11 is 0. The number of benzene rings is 1. The highest BCUT2D eigenvalue weighted by Crippen LogP contribution is 2.51. The van der Waals surface area contributed by atoms with Crippen LogP contribution in [0.5, 0.6) is 5.75 Å². The smallest absolute Gasteiger partial charge is 0.200 e. The lowest BCUT2D eigenvalue weighted by atomic mass is 9.67. The molecule has 1 saturated heterocycles. The van der Waals surface area contributed by atoms with Crippen LogP contribution in [0.2, 0.25) is 16.6 Å². The third kappa shape index (κ3) is 4.22. The van der Waals surface area contributed by atoms with Gasteiger partial charge in [0.15, 0.2) is 19.9 Å². The third-order valence-corrected chi connectivity index (χ3v) is 15.8. The SMILES string of the molecule is C=C(C(C)=O)[C@@H]1C[C@H]2c3c(c4ccc(OC)cc4n3C)C(=O)[C@@H]([C@@H]1CO[Si](C(C)C)(C(C)C)C(C)C)N2C. The zero-order valence-corrected chi connectivity index (χ0v) is 25.9. The van der Waals surface area contributed by atoms with E-state index >= 15 is 0 Å². The van der Waals surface area contributed by atoms with Crippen molar-refractivity contribution in [3.05, 3.63) is 41.6 Å². The number of ketones is 2. The van der Waals surface area contributed by atoms with Gasteiger partial charge in [-0.05, 0) is 60.6 Å². The van der Waals surface area contributed by atoms with Crippen LogP contribution in [0.25, 0.3) is 10.9 Å². The number of likely N-dealkylation sites (N-methyl/N-ethyl adjacent to an activating group) is 1. The Morgan fingerprint density at radius 1 is 1.11 bits per heavy atom. The number of hydrogen-bond acceptors (Lipinski definition) is 5. The number of aryl methyl sites for hydroxylation is 1. The van der Waals surface area contributed by atoms with Gasteiger partial charge in [-0.3, -0.25) is 14.5 Å². The minimum Gasteiger partial charge on any atom is -0.497 e. The molecule has 0 spiro atoms. The van der Waals surface area contributed by atoms with Gasteiger partial charge in [0.25, 0.3) is 0 Å². The summed E-state index contributed by atoms with van der Waals surface area (Å²) in [6, 6.07) is 5.59. The van der Waals surface area contributed by atoms with E-state index in [2.05, 4.69) is 64.6 Å². The number of hydrogen-bond donors (Lipinski definition) is 0. The molecule has 4 rings (SSSR count). The maximum Gasteiger partial charge on any atom is 0.200 e.